The number of fused-ring (bicyclic) bond motifs is 3. The molecule has 0 aliphatic carbocycles. The molecule has 1 amide bonds. The van der Waals surface area contributed by atoms with Gasteiger partial charge in [-0.15, -0.1) is 0 Å². The minimum atomic E-state index is -0.806. The summed E-state index contributed by atoms with van der Waals surface area (Å²) in [4.78, 5) is 24.0. The van der Waals surface area contributed by atoms with E-state index in [1.165, 1.54) is 17.0 Å². The van der Waals surface area contributed by atoms with Crippen molar-refractivity contribution in [3.05, 3.63) is 65.7 Å². The summed E-state index contributed by atoms with van der Waals surface area (Å²) < 4.78 is 20.5. The van der Waals surface area contributed by atoms with Gasteiger partial charge in [-0.3, -0.25) is 4.79 Å². The van der Waals surface area contributed by atoms with E-state index < -0.39 is 5.41 Å². The molecule has 172 valence electrons. The molecule has 0 spiro atoms. The third kappa shape index (κ3) is 3.46. The monoisotopic (exact) mass is 447 g/mol. The summed E-state index contributed by atoms with van der Waals surface area (Å²) >= 11 is 0. The van der Waals surface area contributed by atoms with Gasteiger partial charge < -0.3 is 14.6 Å². The number of nitrogens with one attached hydrogen (secondary N) is 1. The van der Waals surface area contributed by atoms with Crippen molar-refractivity contribution in [3.8, 4) is 0 Å². The van der Waals surface area contributed by atoms with Gasteiger partial charge in [-0.05, 0) is 74.6 Å². The number of nitrogens with zero attached hydrogens (tertiary/aromatic N) is 2. The lowest BCUT2D eigenvalue weighted by molar-refractivity contribution is -0.147. The van der Waals surface area contributed by atoms with Crippen LogP contribution in [0.5, 0.6) is 0 Å². The smallest absolute Gasteiger partial charge is 0.234 e. The van der Waals surface area contributed by atoms with Gasteiger partial charge in [-0.2, -0.15) is 0 Å². The normalized spacial score (nSPS) is 26.6. The highest BCUT2D eigenvalue weighted by Gasteiger charge is 2.52. The predicted molar refractivity (Wildman–Crippen MR) is 124 cm³/mol. The summed E-state index contributed by atoms with van der Waals surface area (Å²) in [6.45, 7) is 1.00. The molecule has 2 bridgehead atoms. The molecule has 5 heterocycles. The zero-order valence-electron chi connectivity index (χ0n) is 18.8. The van der Waals surface area contributed by atoms with Gasteiger partial charge in [-0.1, -0.05) is 18.2 Å². The van der Waals surface area contributed by atoms with Crippen LogP contribution in [0.4, 0.5) is 4.39 Å². The van der Waals surface area contributed by atoms with E-state index in [-0.39, 0.29) is 23.8 Å². The van der Waals surface area contributed by atoms with E-state index in [4.69, 9.17) is 4.74 Å². The van der Waals surface area contributed by atoms with Crippen LogP contribution in [-0.2, 0) is 21.4 Å². The highest BCUT2D eigenvalue weighted by Crippen LogP contribution is 2.46. The first-order valence-electron chi connectivity index (χ1n) is 12.2. The number of ether oxygens (including phenoxy) is 1. The van der Waals surface area contributed by atoms with Crippen molar-refractivity contribution < 1.29 is 13.9 Å². The van der Waals surface area contributed by atoms with Gasteiger partial charge in [0.2, 0.25) is 5.91 Å². The summed E-state index contributed by atoms with van der Waals surface area (Å²) in [6.07, 6.45) is 10.1. The lowest BCUT2D eigenvalue weighted by atomic mass is 9.71. The number of halogens is 1. The van der Waals surface area contributed by atoms with Crippen LogP contribution in [0.2, 0.25) is 0 Å². The molecule has 3 aliphatic heterocycles. The number of amides is 1. The van der Waals surface area contributed by atoms with Gasteiger partial charge in [0.15, 0.2) is 0 Å². The molecule has 0 saturated carbocycles. The van der Waals surface area contributed by atoms with Gasteiger partial charge in [0.05, 0.1) is 5.41 Å². The first-order chi connectivity index (χ1) is 16.2. The first kappa shape index (κ1) is 20.8. The third-order valence-electron chi connectivity index (χ3n) is 8.27. The molecule has 0 unspecified atom stereocenters. The van der Waals surface area contributed by atoms with Crippen LogP contribution in [0.15, 0.2) is 48.8 Å². The number of benzene rings is 1. The topological polar surface area (TPSA) is 58.2 Å². The SMILES string of the molecule is O=C(N1[C@H]2CC[C@H]1CC(Cc1ccnc3[nH]ccc13)C2)C1(c2ccccc2F)CCOCC1. The molecule has 2 atom stereocenters. The molecular formula is C27H30FN3O2. The number of hydrogen-bond acceptors (Lipinski definition) is 3. The molecule has 33 heavy (non-hydrogen) atoms. The number of aromatic amines is 1. The Morgan fingerprint density at radius 3 is 2.64 bits per heavy atom. The van der Waals surface area contributed by atoms with Crippen LogP contribution in [0.25, 0.3) is 11.0 Å². The van der Waals surface area contributed by atoms with Gasteiger partial charge in [0.25, 0.3) is 0 Å². The molecule has 1 N–H and O–H groups in total. The van der Waals surface area contributed by atoms with Gasteiger partial charge in [0.1, 0.15) is 11.5 Å². The number of H-pyrrole nitrogens is 1. The lowest BCUT2D eigenvalue weighted by Gasteiger charge is -2.46. The van der Waals surface area contributed by atoms with E-state index in [1.54, 1.807) is 12.1 Å². The Morgan fingerprint density at radius 2 is 1.88 bits per heavy atom. The average molecular weight is 448 g/mol. The van der Waals surface area contributed by atoms with E-state index in [2.05, 4.69) is 27.0 Å². The largest absolute Gasteiger partial charge is 0.381 e. The van der Waals surface area contributed by atoms with E-state index in [9.17, 15) is 9.18 Å². The summed E-state index contributed by atoms with van der Waals surface area (Å²) in [5.74, 6) is 0.396. The molecule has 3 saturated heterocycles. The summed E-state index contributed by atoms with van der Waals surface area (Å²) in [5.41, 5.74) is 2.01. The summed E-state index contributed by atoms with van der Waals surface area (Å²) in [5, 5.41) is 1.20. The number of carbonyl (C=O) groups excluding carboxylic acids is 1. The fourth-order valence-corrected chi connectivity index (χ4v) is 6.71. The summed E-state index contributed by atoms with van der Waals surface area (Å²) in [7, 11) is 0. The van der Waals surface area contributed by atoms with Gasteiger partial charge in [0, 0.05) is 48.6 Å². The molecule has 6 heteroatoms. The van der Waals surface area contributed by atoms with Crippen molar-refractivity contribution in [1.82, 2.24) is 14.9 Å². The van der Waals surface area contributed by atoms with E-state index in [1.807, 2.05) is 18.5 Å². The molecule has 0 radical (unpaired) electrons. The number of piperidine rings is 1. The summed E-state index contributed by atoms with van der Waals surface area (Å²) in [6, 6.07) is 11.6. The first-order valence-corrected chi connectivity index (χ1v) is 12.2. The van der Waals surface area contributed by atoms with Gasteiger partial charge in [-0.25, -0.2) is 9.37 Å². The molecule has 3 fully saturated rings. The number of carbonyl (C=O) groups is 1. The van der Waals surface area contributed by atoms with E-state index >= 15 is 0 Å². The van der Waals surface area contributed by atoms with E-state index in [0.29, 0.717) is 37.5 Å². The minimum Gasteiger partial charge on any atom is -0.381 e. The third-order valence-corrected chi connectivity index (χ3v) is 8.27. The van der Waals surface area contributed by atoms with Crippen LogP contribution in [0.3, 0.4) is 0 Å². The van der Waals surface area contributed by atoms with Crippen molar-refractivity contribution in [3.63, 3.8) is 0 Å². The van der Waals surface area contributed by atoms with E-state index in [0.717, 1.165) is 37.8 Å². The molecule has 3 aromatic rings. The highest BCUT2D eigenvalue weighted by atomic mass is 19.1. The number of pyridine rings is 1. The van der Waals surface area contributed by atoms with Crippen molar-refractivity contribution in [2.75, 3.05) is 13.2 Å². The number of aromatic nitrogens is 2. The van der Waals surface area contributed by atoms with Crippen molar-refractivity contribution in [1.29, 1.82) is 0 Å². The fraction of sp³-hybridized carbons (Fsp3) is 0.481. The van der Waals surface area contributed by atoms with Crippen LogP contribution in [0.1, 0.15) is 49.7 Å². The second-order valence-electron chi connectivity index (χ2n) is 10.0. The highest BCUT2D eigenvalue weighted by molar-refractivity contribution is 5.89. The second kappa shape index (κ2) is 8.24. The number of rotatable bonds is 4. The Hall–Kier alpha value is -2.73. The van der Waals surface area contributed by atoms with Crippen LogP contribution < -0.4 is 0 Å². The average Bonchev–Trinajstić information content (AvgIpc) is 3.42. The Morgan fingerprint density at radius 1 is 1.12 bits per heavy atom. The Balaban J connectivity index is 1.26. The fourth-order valence-electron chi connectivity index (χ4n) is 6.71. The lowest BCUT2D eigenvalue weighted by Crippen LogP contribution is -2.56. The molecule has 3 aliphatic rings. The molecular weight excluding hydrogens is 417 g/mol. The Bertz CT molecular complexity index is 1150. The van der Waals surface area contributed by atoms with Crippen molar-refractivity contribution >= 4 is 16.9 Å². The van der Waals surface area contributed by atoms with Crippen LogP contribution in [-0.4, -0.2) is 46.1 Å². The molecule has 1 aromatic carbocycles. The van der Waals surface area contributed by atoms with Crippen molar-refractivity contribution in [2.45, 2.75) is 62.4 Å². The molecule has 2 aromatic heterocycles. The van der Waals surface area contributed by atoms with Gasteiger partial charge >= 0.3 is 0 Å². The maximum atomic E-state index is 14.9. The quantitative estimate of drug-likeness (QED) is 0.627. The Kier molecular flexibility index (Phi) is 5.21. The van der Waals surface area contributed by atoms with Crippen LogP contribution >= 0.6 is 0 Å². The second-order valence-corrected chi connectivity index (χ2v) is 10.0. The minimum absolute atomic E-state index is 0.124. The maximum Gasteiger partial charge on any atom is 0.234 e. The zero-order valence-corrected chi connectivity index (χ0v) is 18.8. The number of hydrogen-bond donors (Lipinski definition) is 1. The maximum absolute atomic E-state index is 14.9. The molecule has 6 rings (SSSR count). The standard InChI is InChI=1S/C27H30FN3O2/c28-24-4-2-1-3-23(24)27(9-13-33-14-10-27)26(32)31-20-5-6-21(31)17-18(16-20)15-19-7-11-29-25-22(19)8-12-30-25/h1-4,7-8,11-12,18,20-21H,5-6,9-10,13-17H2,(H,29,30)/t20-,21-/m0/s1. The zero-order chi connectivity index (χ0) is 22.4. The van der Waals surface area contributed by atoms with Crippen molar-refractivity contribution in [2.24, 2.45) is 5.92 Å². The molecule has 5 nitrogen and oxygen atoms in total. The Labute approximate surface area is 193 Å². The van der Waals surface area contributed by atoms with Crippen LogP contribution in [0, 0.1) is 11.7 Å². The predicted octanol–water partition coefficient (Wildman–Crippen LogP) is 4.76.